The van der Waals surface area contributed by atoms with E-state index in [1.54, 1.807) is 0 Å². The average Bonchev–Trinajstić information content (AvgIpc) is 2.07. The Bertz CT molecular complexity index is 404. The van der Waals surface area contributed by atoms with E-state index in [9.17, 15) is 13.2 Å². The van der Waals surface area contributed by atoms with E-state index < -0.39 is 23.0 Å². The largest absolute Gasteiger partial charge is 0.419 e. The van der Waals surface area contributed by atoms with Crippen molar-refractivity contribution in [1.29, 1.82) is 5.26 Å². The molecule has 1 rings (SSSR count). The lowest BCUT2D eigenvalue weighted by molar-refractivity contribution is -0.137. The Labute approximate surface area is 77.7 Å². The van der Waals surface area contributed by atoms with E-state index in [2.05, 4.69) is 0 Å². The minimum absolute atomic E-state index is 0.184. The van der Waals surface area contributed by atoms with E-state index in [0.29, 0.717) is 0 Å². The van der Waals surface area contributed by atoms with Gasteiger partial charge in [0, 0.05) is 0 Å². The zero-order valence-corrected chi connectivity index (χ0v) is 6.89. The lowest BCUT2D eigenvalue weighted by Gasteiger charge is -2.12. The Morgan fingerprint density at radius 2 is 1.79 bits per heavy atom. The number of nitrogens with zero attached hydrogens (tertiary/aromatic N) is 1. The molecule has 0 atom stereocenters. The van der Waals surface area contributed by atoms with Crippen LogP contribution in [0.25, 0.3) is 0 Å². The van der Waals surface area contributed by atoms with Crippen LogP contribution in [0.4, 0.5) is 24.5 Å². The van der Waals surface area contributed by atoms with Crippen molar-refractivity contribution in [3.05, 3.63) is 23.3 Å². The summed E-state index contributed by atoms with van der Waals surface area (Å²) >= 11 is 0. The molecule has 0 saturated heterocycles. The van der Waals surface area contributed by atoms with Crippen molar-refractivity contribution in [2.45, 2.75) is 6.18 Å². The minimum atomic E-state index is -4.66. The van der Waals surface area contributed by atoms with Gasteiger partial charge in [0.05, 0.1) is 28.6 Å². The van der Waals surface area contributed by atoms with Gasteiger partial charge in [0.2, 0.25) is 0 Å². The van der Waals surface area contributed by atoms with Crippen molar-refractivity contribution in [3.8, 4) is 6.07 Å². The molecular formula is C8H6F3N3. The van der Waals surface area contributed by atoms with Crippen LogP contribution in [0.2, 0.25) is 0 Å². The second kappa shape index (κ2) is 3.10. The van der Waals surface area contributed by atoms with E-state index in [1.807, 2.05) is 0 Å². The molecule has 0 amide bonds. The van der Waals surface area contributed by atoms with E-state index >= 15 is 0 Å². The summed E-state index contributed by atoms with van der Waals surface area (Å²) in [5, 5.41) is 8.45. The number of halogens is 3. The summed E-state index contributed by atoms with van der Waals surface area (Å²) in [7, 11) is 0. The molecule has 0 aliphatic heterocycles. The van der Waals surface area contributed by atoms with Gasteiger partial charge in [-0.1, -0.05) is 0 Å². The molecule has 1 aromatic carbocycles. The van der Waals surface area contributed by atoms with Crippen molar-refractivity contribution in [1.82, 2.24) is 0 Å². The third-order valence-electron chi connectivity index (χ3n) is 1.68. The summed E-state index contributed by atoms with van der Waals surface area (Å²) in [6, 6.07) is 3.58. The van der Waals surface area contributed by atoms with Crippen LogP contribution in [-0.4, -0.2) is 0 Å². The molecule has 0 saturated carbocycles. The topological polar surface area (TPSA) is 75.8 Å². The molecule has 0 spiro atoms. The van der Waals surface area contributed by atoms with Crippen molar-refractivity contribution in [2.75, 3.05) is 11.5 Å². The number of nitrogens with two attached hydrogens (primary N) is 2. The highest BCUT2D eigenvalue weighted by atomic mass is 19.4. The number of nitriles is 1. The first-order valence-corrected chi connectivity index (χ1v) is 3.53. The first-order valence-electron chi connectivity index (χ1n) is 3.53. The molecule has 0 aromatic heterocycles. The number of hydrogen-bond donors (Lipinski definition) is 2. The van der Waals surface area contributed by atoms with Gasteiger partial charge in [-0.25, -0.2) is 0 Å². The van der Waals surface area contributed by atoms with Gasteiger partial charge in [0.1, 0.15) is 0 Å². The van der Waals surface area contributed by atoms with Crippen LogP contribution in [0.3, 0.4) is 0 Å². The molecule has 4 N–H and O–H groups in total. The SMILES string of the molecule is N#Cc1ccc(N)c(N)c1C(F)(F)F. The number of hydrogen-bond acceptors (Lipinski definition) is 3. The molecule has 0 aliphatic rings. The van der Waals surface area contributed by atoms with E-state index in [4.69, 9.17) is 16.7 Å². The average molecular weight is 201 g/mol. The van der Waals surface area contributed by atoms with Crippen molar-refractivity contribution >= 4 is 11.4 Å². The molecule has 0 radical (unpaired) electrons. The normalized spacial score (nSPS) is 11.0. The summed E-state index contributed by atoms with van der Waals surface area (Å²) < 4.78 is 37.2. The van der Waals surface area contributed by atoms with Crippen LogP contribution >= 0.6 is 0 Å². The Morgan fingerprint density at radius 3 is 2.21 bits per heavy atom. The minimum Gasteiger partial charge on any atom is -0.397 e. The van der Waals surface area contributed by atoms with E-state index in [-0.39, 0.29) is 5.69 Å². The van der Waals surface area contributed by atoms with Crippen LogP contribution in [0.5, 0.6) is 0 Å². The fourth-order valence-electron chi connectivity index (χ4n) is 1.03. The summed E-state index contributed by atoms with van der Waals surface area (Å²) in [5.74, 6) is 0. The molecule has 0 heterocycles. The fourth-order valence-corrected chi connectivity index (χ4v) is 1.03. The zero-order chi connectivity index (χ0) is 10.9. The highest BCUT2D eigenvalue weighted by molar-refractivity contribution is 5.71. The van der Waals surface area contributed by atoms with Gasteiger partial charge < -0.3 is 11.5 Å². The van der Waals surface area contributed by atoms with Crippen LogP contribution in [0.15, 0.2) is 12.1 Å². The zero-order valence-electron chi connectivity index (χ0n) is 6.89. The molecule has 0 unspecified atom stereocenters. The van der Waals surface area contributed by atoms with E-state index in [1.165, 1.54) is 12.1 Å². The molecule has 0 aliphatic carbocycles. The van der Waals surface area contributed by atoms with Crippen LogP contribution < -0.4 is 11.5 Å². The van der Waals surface area contributed by atoms with Gasteiger partial charge in [0.15, 0.2) is 0 Å². The molecule has 1 aromatic rings. The highest BCUT2D eigenvalue weighted by Crippen LogP contribution is 2.38. The summed E-state index contributed by atoms with van der Waals surface area (Å²) in [6.45, 7) is 0. The van der Waals surface area contributed by atoms with Crippen LogP contribution in [0, 0.1) is 11.3 Å². The van der Waals surface area contributed by atoms with Gasteiger partial charge in [0.25, 0.3) is 0 Å². The Balaban J connectivity index is 3.54. The summed E-state index contributed by atoms with van der Waals surface area (Å²) in [5.41, 5.74) is 7.88. The monoisotopic (exact) mass is 201 g/mol. The number of rotatable bonds is 0. The van der Waals surface area contributed by atoms with Gasteiger partial charge in [-0.15, -0.1) is 0 Å². The van der Waals surface area contributed by atoms with Gasteiger partial charge in [-0.2, -0.15) is 18.4 Å². The molecule has 0 fully saturated rings. The number of nitrogen functional groups attached to an aromatic ring is 2. The number of anilines is 2. The number of benzene rings is 1. The first kappa shape index (κ1) is 10.2. The maximum absolute atomic E-state index is 12.4. The van der Waals surface area contributed by atoms with Gasteiger partial charge in [-0.3, -0.25) is 0 Å². The lowest BCUT2D eigenvalue weighted by atomic mass is 10.0. The maximum Gasteiger partial charge on any atom is 0.419 e. The highest BCUT2D eigenvalue weighted by Gasteiger charge is 2.36. The molecular weight excluding hydrogens is 195 g/mol. The molecule has 74 valence electrons. The van der Waals surface area contributed by atoms with Crippen molar-refractivity contribution in [2.24, 2.45) is 0 Å². The van der Waals surface area contributed by atoms with Gasteiger partial charge >= 0.3 is 6.18 Å². The third-order valence-corrected chi connectivity index (χ3v) is 1.68. The third kappa shape index (κ3) is 1.57. The Morgan fingerprint density at radius 1 is 1.21 bits per heavy atom. The maximum atomic E-state index is 12.4. The second-order valence-electron chi connectivity index (χ2n) is 2.60. The van der Waals surface area contributed by atoms with E-state index in [0.717, 1.165) is 6.07 Å². The van der Waals surface area contributed by atoms with Crippen molar-refractivity contribution in [3.63, 3.8) is 0 Å². The smallest absolute Gasteiger partial charge is 0.397 e. The standard InChI is InChI=1S/C8H6F3N3/c9-8(10,11)6-4(3-12)1-2-5(13)7(6)14/h1-2H,13-14H2. The van der Waals surface area contributed by atoms with Crippen LogP contribution in [-0.2, 0) is 6.18 Å². The fraction of sp³-hybridized carbons (Fsp3) is 0.125. The van der Waals surface area contributed by atoms with Crippen LogP contribution in [0.1, 0.15) is 11.1 Å². The van der Waals surface area contributed by atoms with Gasteiger partial charge in [-0.05, 0) is 12.1 Å². The molecule has 3 nitrogen and oxygen atoms in total. The summed E-state index contributed by atoms with van der Waals surface area (Å²) in [6.07, 6.45) is -4.66. The predicted molar refractivity (Wildman–Crippen MR) is 45.0 cm³/mol. The lowest BCUT2D eigenvalue weighted by Crippen LogP contribution is -2.13. The summed E-state index contributed by atoms with van der Waals surface area (Å²) in [4.78, 5) is 0. The Hall–Kier alpha value is -1.90. The quantitative estimate of drug-likeness (QED) is 0.627. The number of alkyl halides is 3. The molecule has 0 bridgehead atoms. The first-order chi connectivity index (χ1) is 6.38. The Kier molecular flexibility index (Phi) is 2.26. The van der Waals surface area contributed by atoms with Crippen molar-refractivity contribution < 1.29 is 13.2 Å². The molecule has 6 heteroatoms. The predicted octanol–water partition coefficient (Wildman–Crippen LogP) is 1.74. The second-order valence-corrected chi connectivity index (χ2v) is 2.60. The molecule has 14 heavy (non-hydrogen) atoms.